The SMILES string of the molecule is CC(C)c1cc2c(cc1Cl)C(C1CCN(C(=O)CCOC(C)(C)O)CC1)N(SC(C)(C)C)O2. The van der Waals surface area contributed by atoms with Crippen molar-refractivity contribution in [3.63, 3.8) is 0 Å². The minimum atomic E-state index is -1.21. The lowest BCUT2D eigenvalue weighted by atomic mass is 9.85. The number of fused-ring (bicyclic) bond motifs is 1. The Bertz CT molecular complexity index is 842. The summed E-state index contributed by atoms with van der Waals surface area (Å²) in [4.78, 5) is 20.9. The van der Waals surface area contributed by atoms with Crippen molar-refractivity contribution in [2.75, 3.05) is 19.7 Å². The van der Waals surface area contributed by atoms with E-state index in [-0.39, 0.29) is 29.7 Å². The second-order valence-electron chi connectivity index (χ2n) is 10.9. The zero-order valence-corrected chi connectivity index (χ0v) is 22.6. The number of likely N-dealkylation sites (tertiary alicyclic amines) is 1. The lowest BCUT2D eigenvalue weighted by molar-refractivity contribution is -0.178. The third kappa shape index (κ3) is 7.01. The summed E-state index contributed by atoms with van der Waals surface area (Å²) in [7, 11) is 0. The largest absolute Gasteiger partial charge is 0.394 e. The van der Waals surface area contributed by atoms with Gasteiger partial charge in [-0.3, -0.25) is 4.79 Å². The van der Waals surface area contributed by atoms with Gasteiger partial charge in [-0.2, -0.15) is 0 Å². The summed E-state index contributed by atoms with van der Waals surface area (Å²) in [6.45, 7) is 15.6. The van der Waals surface area contributed by atoms with Gasteiger partial charge in [-0.25, -0.2) is 0 Å². The van der Waals surface area contributed by atoms with Crippen LogP contribution in [0.25, 0.3) is 0 Å². The molecule has 0 spiro atoms. The fourth-order valence-corrected chi connectivity index (χ4v) is 5.83. The van der Waals surface area contributed by atoms with Gasteiger partial charge in [0.15, 0.2) is 11.5 Å². The van der Waals surface area contributed by atoms with Gasteiger partial charge in [0, 0.05) is 28.4 Å². The van der Waals surface area contributed by atoms with E-state index in [4.69, 9.17) is 21.2 Å². The zero-order valence-electron chi connectivity index (χ0n) is 21.0. The van der Waals surface area contributed by atoms with E-state index in [0.29, 0.717) is 24.9 Å². The second kappa shape index (κ2) is 10.3. The number of hydroxylamine groups is 1. The van der Waals surface area contributed by atoms with Crippen molar-refractivity contribution in [3.05, 3.63) is 28.3 Å². The van der Waals surface area contributed by atoms with Gasteiger partial charge in [0.1, 0.15) is 0 Å². The summed E-state index contributed by atoms with van der Waals surface area (Å²) in [6.07, 6.45) is 2.08. The van der Waals surface area contributed by atoms with Gasteiger partial charge in [-0.05, 0) is 88.9 Å². The Morgan fingerprint density at radius 3 is 2.42 bits per heavy atom. The maximum atomic E-state index is 12.6. The number of aliphatic hydroxyl groups is 1. The van der Waals surface area contributed by atoms with Crippen molar-refractivity contribution in [2.45, 2.75) is 90.2 Å². The number of hydrogen-bond acceptors (Lipinski definition) is 6. The van der Waals surface area contributed by atoms with Crippen LogP contribution in [0.3, 0.4) is 0 Å². The van der Waals surface area contributed by atoms with Gasteiger partial charge in [-0.15, -0.1) is 0 Å². The summed E-state index contributed by atoms with van der Waals surface area (Å²) in [5.74, 6) is 0.439. The van der Waals surface area contributed by atoms with Crippen molar-refractivity contribution in [2.24, 2.45) is 5.92 Å². The molecule has 1 saturated heterocycles. The number of carbonyl (C=O) groups excluding carboxylic acids is 1. The summed E-state index contributed by atoms with van der Waals surface area (Å²) >= 11 is 8.38. The molecule has 3 rings (SSSR count). The van der Waals surface area contributed by atoms with Gasteiger partial charge < -0.3 is 19.6 Å². The van der Waals surface area contributed by atoms with E-state index in [1.165, 1.54) is 0 Å². The number of carbonyl (C=O) groups is 1. The molecule has 2 aliphatic heterocycles. The van der Waals surface area contributed by atoms with Crippen LogP contribution in [-0.4, -0.2) is 50.6 Å². The molecule has 1 N–H and O–H groups in total. The molecule has 1 aromatic rings. The highest BCUT2D eigenvalue weighted by molar-refractivity contribution is 7.98. The lowest BCUT2D eigenvalue weighted by Gasteiger charge is -2.38. The molecule has 2 aliphatic rings. The van der Waals surface area contributed by atoms with E-state index in [1.807, 2.05) is 4.90 Å². The third-order valence-electron chi connectivity index (χ3n) is 5.96. The van der Waals surface area contributed by atoms with Crippen LogP contribution in [0.5, 0.6) is 5.75 Å². The average Bonchev–Trinajstić information content (AvgIpc) is 3.01. The molecule has 0 bridgehead atoms. The standard InChI is InChI=1S/C25H39ClN2O4S/c1-16(2)18-15-21-19(14-20(18)26)23(28(32-21)33-24(3,4)5)17-8-11-27(12-9-17)22(29)10-13-31-25(6,7)30/h14-17,23,30H,8-13H2,1-7H3. The van der Waals surface area contributed by atoms with Crippen LogP contribution >= 0.6 is 23.5 Å². The zero-order chi connectivity index (χ0) is 24.6. The average molecular weight is 499 g/mol. The van der Waals surface area contributed by atoms with Gasteiger partial charge in [0.05, 0.1) is 19.1 Å². The number of nitrogens with zero attached hydrogens (tertiary/aromatic N) is 2. The molecule has 0 radical (unpaired) electrons. The number of piperidine rings is 1. The number of hydrogen-bond donors (Lipinski definition) is 1. The first-order valence-corrected chi connectivity index (χ1v) is 13.0. The van der Waals surface area contributed by atoms with Gasteiger partial charge in [0.2, 0.25) is 5.91 Å². The normalized spacial score (nSPS) is 20.3. The maximum Gasteiger partial charge on any atom is 0.224 e. The molecule has 8 heteroatoms. The Labute approximate surface area is 208 Å². The predicted octanol–water partition coefficient (Wildman–Crippen LogP) is 5.93. The van der Waals surface area contributed by atoms with Crippen LogP contribution in [0.15, 0.2) is 12.1 Å². The smallest absolute Gasteiger partial charge is 0.224 e. The Balaban J connectivity index is 1.72. The molecule has 1 aromatic carbocycles. The molecule has 1 amide bonds. The van der Waals surface area contributed by atoms with Gasteiger partial charge >= 0.3 is 0 Å². The molecular formula is C25H39ClN2O4S. The molecule has 1 atom stereocenters. The molecule has 1 fully saturated rings. The number of halogens is 1. The Morgan fingerprint density at radius 2 is 1.88 bits per heavy atom. The monoisotopic (exact) mass is 498 g/mol. The van der Waals surface area contributed by atoms with Crippen LogP contribution in [-0.2, 0) is 9.53 Å². The lowest BCUT2D eigenvalue weighted by Crippen LogP contribution is -2.42. The molecular weight excluding hydrogens is 460 g/mol. The highest BCUT2D eigenvalue weighted by atomic mass is 35.5. The van der Waals surface area contributed by atoms with Crippen molar-refractivity contribution in [3.8, 4) is 5.75 Å². The van der Waals surface area contributed by atoms with Crippen LogP contribution in [0.2, 0.25) is 5.02 Å². The van der Waals surface area contributed by atoms with Crippen LogP contribution in [0.4, 0.5) is 0 Å². The van der Waals surface area contributed by atoms with Gasteiger partial charge in [-0.1, -0.05) is 29.9 Å². The Hall–Kier alpha value is -0.990. The van der Waals surface area contributed by atoms with E-state index < -0.39 is 5.79 Å². The van der Waals surface area contributed by atoms with Crippen molar-refractivity contribution < 1.29 is 19.5 Å². The second-order valence-corrected chi connectivity index (χ2v) is 13.0. The summed E-state index contributed by atoms with van der Waals surface area (Å²) in [5.41, 5.74) is 2.25. The number of amides is 1. The molecule has 0 aromatic heterocycles. The van der Waals surface area contributed by atoms with E-state index in [9.17, 15) is 9.90 Å². The van der Waals surface area contributed by atoms with Crippen LogP contribution in [0, 0.1) is 5.92 Å². The van der Waals surface area contributed by atoms with Gasteiger partial charge in [0.25, 0.3) is 0 Å². The van der Waals surface area contributed by atoms with Crippen molar-refractivity contribution in [1.29, 1.82) is 0 Å². The topological polar surface area (TPSA) is 62.2 Å². The number of ether oxygens (including phenoxy) is 1. The van der Waals surface area contributed by atoms with E-state index >= 15 is 0 Å². The van der Waals surface area contributed by atoms with E-state index in [2.05, 4.69) is 51.2 Å². The molecule has 33 heavy (non-hydrogen) atoms. The van der Waals surface area contributed by atoms with E-state index in [1.54, 1.807) is 25.8 Å². The maximum absolute atomic E-state index is 12.6. The molecule has 6 nitrogen and oxygen atoms in total. The summed E-state index contributed by atoms with van der Waals surface area (Å²) in [6, 6.07) is 4.28. The summed E-state index contributed by atoms with van der Waals surface area (Å²) in [5, 5.41) is 10.5. The highest BCUT2D eigenvalue weighted by Gasteiger charge is 2.42. The quantitative estimate of drug-likeness (QED) is 0.371. The van der Waals surface area contributed by atoms with Crippen LogP contribution in [0.1, 0.15) is 90.8 Å². The first kappa shape index (κ1) is 26.6. The fraction of sp³-hybridized carbons (Fsp3) is 0.720. The Kier molecular flexibility index (Phi) is 8.33. The molecule has 0 saturated carbocycles. The van der Waals surface area contributed by atoms with Crippen molar-refractivity contribution >= 4 is 29.5 Å². The first-order valence-electron chi connectivity index (χ1n) is 11.9. The summed E-state index contributed by atoms with van der Waals surface area (Å²) < 4.78 is 7.36. The van der Waals surface area contributed by atoms with Crippen molar-refractivity contribution in [1.82, 2.24) is 9.37 Å². The minimum Gasteiger partial charge on any atom is -0.394 e. The molecule has 186 valence electrons. The molecule has 2 heterocycles. The van der Waals surface area contributed by atoms with E-state index in [0.717, 1.165) is 34.7 Å². The highest BCUT2D eigenvalue weighted by Crippen LogP contribution is 2.51. The third-order valence-corrected chi connectivity index (χ3v) is 7.32. The molecule has 0 aliphatic carbocycles. The molecule has 1 unspecified atom stereocenters. The fourth-order valence-electron chi connectivity index (χ4n) is 4.39. The number of benzene rings is 1. The van der Waals surface area contributed by atoms with Crippen LogP contribution < -0.4 is 4.84 Å². The minimum absolute atomic E-state index is 0.00210. The first-order chi connectivity index (χ1) is 15.2. The number of rotatable bonds is 7. The predicted molar refractivity (Wildman–Crippen MR) is 134 cm³/mol. The Morgan fingerprint density at radius 1 is 1.24 bits per heavy atom.